The summed E-state index contributed by atoms with van der Waals surface area (Å²) in [6.45, 7) is 10.4. The number of nitrogens with two attached hydrogens (primary N) is 1. The van der Waals surface area contributed by atoms with Crippen molar-refractivity contribution >= 4 is 0 Å². The first-order chi connectivity index (χ1) is 8.65. The summed E-state index contributed by atoms with van der Waals surface area (Å²) >= 11 is 0. The number of hydrogen-bond donors (Lipinski definition) is 2. The van der Waals surface area contributed by atoms with E-state index in [1.807, 2.05) is 0 Å². The fourth-order valence-corrected chi connectivity index (χ4v) is 3.03. The summed E-state index contributed by atoms with van der Waals surface area (Å²) < 4.78 is 0. The fourth-order valence-electron chi connectivity index (χ4n) is 3.03. The van der Waals surface area contributed by atoms with Gasteiger partial charge in [0.25, 0.3) is 0 Å². The van der Waals surface area contributed by atoms with E-state index < -0.39 is 0 Å². The van der Waals surface area contributed by atoms with Crippen molar-refractivity contribution in [1.82, 2.24) is 10.2 Å². The van der Waals surface area contributed by atoms with Crippen LogP contribution in [0.2, 0.25) is 0 Å². The van der Waals surface area contributed by atoms with Crippen molar-refractivity contribution in [2.75, 3.05) is 19.6 Å². The molecule has 3 atom stereocenters. The zero-order valence-corrected chi connectivity index (χ0v) is 12.6. The summed E-state index contributed by atoms with van der Waals surface area (Å²) in [6, 6.07) is 1.73. The highest BCUT2D eigenvalue weighted by molar-refractivity contribution is 4.81. The Labute approximate surface area is 113 Å². The molecule has 1 aliphatic carbocycles. The Kier molecular flexibility index (Phi) is 7.87. The van der Waals surface area contributed by atoms with Crippen molar-refractivity contribution in [3.05, 3.63) is 0 Å². The number of hydrogen-bond acceptors (Lipinski definition) is 3. The van der Waals surface area contributed by atoms with Gasteiger partial charge in [0.2, 0.25) is 0 Å². The number of rotatable bonds is 8. The molecule has 0 aromatic heterocycles. The van der Waals surface area contributed by atoms with Gasteiger partial charge in [-0.1, -0.05) is 20.3 Å². The second-order valence-corrected chi connectivity index (χ2v) is 5.86. The minimum atomic E-state index is 0.430. The monoisotopic (exact) mass is 255 g/mol. The molecule has 0 heterocycles. The van der Waals surface area contributed by atoms with Gasteiger partial charge in [-0.2, -0.15) is 0 Å². The maximum atomic E-state index is 6.03. The van der Waals surface area contributed by atoms with E-state index in [-0.39, 0.29) is 0 Å². The lowest BCUT2D eigenvalue weighted by molar-refractivity contribution is 0.276. The molecule has 0 spiro atoms. The van der Waals surface area contributed by atoms with Gasteiger partial charge in [0.15, 0.2) is 0 Å². The third-order valence-corrected chi connectivity index (χ3v) is 4.24. The highest BCUT2D eigenvalue weighted by Gasteiger charge is 2.20. The second-order valence-electron chi connectivity index (χ2n) is 5.86. The zero-order valence-electron chi connectivity index (χ0n) is 12.6. The maximum absolute atomic E-state index is 6.03. The van der Waals surface area contributed by atoms with Crippen LogP contribution < -0.4 is 11.1 Å². The molecule has 108 valence electrons. The third-order valence-electron chi connectivity index (χ3n) is 4.24. The smallest absolute Gasteiger partial charge is 0.00842 e. The Morgan fingerprint density at radius 2 is 2.00 bits per heavy atom. The van der Waals surface area contributed by atoms with Gasteiger partial charge in [-0.05, 0) is 58.7 Å². The number of nitrogens with zero attached hydrogens (tertiary/aromatic N) is 1. The van der Waals surface area contributed by atoms with Gasteiger partial charge in [-0.3, -0.25) is 0 Å². The summed E-state index contributed by atoms with van der Waals surface area (Å²) in [5.41, 5.74) is 6.03. The van der Waals surface area contributed by atoms with Crippen LogP contribution in [0.5, 0.6) is 0 Å². The van der Waals surface area contributed by atoms with Gasteiger partial charge in [-0.15, -0.1) is 0 Å². The summed E-state index contributed by atoms with van der Waals surface area (Å²) in [7, 11) is 0. The molecule has 1 saturated carbocycles. The van der Waals surface area contributed by atoms with Crippen molar-refractivity contribution < 1.29 is 0 Å². The Hall–Kier alpha value is -0.120. The van der Waals surface area contributed by atoms with Crippen molar-refractivity contribution in [3.63, 3.8) is 0 Å². The summed E-state index contributed by atoms with van der Waals surface area (Å²) in [6.07, 6.45) is 7.57. The molecule has 0 bridgehead atoms. The van der Waals surface area contributed by atoms with Crippen LogP contribution in [0.4, 0.5) is 0 Å². The van der Waals surface area contributed by atoms with Crippen LogP contribution in [0.1, 0.15) is 59.3 Å². The third kappa shape index (κ3) is 6.17. The van der Waals surface area contributed by atoms with Gasteiger partial charge < -0.3 is 16.0 Å². The van der Waals surface area contributed by atoms with Crippen LogP contribution in [-0.2, 0) is 0 Å². The van der Waals surface area contributed by atoms with E-state index in [4.69, 9.17) is 5.73 Å². The number of nitrogens with one attached hydrogen (secondary N) is 1. The van der Waals surface area contributed by atoms with Gasteiger partial charge in [-0.25, -0.2) is 0 Å². The van der Waals surface area contributed by atoms with E-state index in [1.165, 1.54) is 58.2 Å². The van der Waals surface area contributed by atoms with Crippen LogP contribution in [0, 0.1) is 0 Å². The normalized spacial score (nSPS) is 26.5. The molecule has 0 amide bonds. The average Bonchev–Trinajstić information content (AvgIpc) is 2.34. The second kappa shape index (κ2) is 8.89. The lowest BCUT2D eigenvalue weighted by Crippen LogP contribution is -2.43. The van der Waals surface area contributed by atoms with Crippen molar-refractivity contribution in [1.29, 1.82) is 0 Å². The lowest BCUT2D eigenvalue weighted by Gasteiger charge is -2.30. The van der Waals surface area contributed by atoms with E-state index in [0.29, 0.717) is 18.1 Å². The van der Waals surface area contributed by atoms with Crippen molar-refractivity contribution in [2.45, 2.75) is 77.4 Å². The first-order valence-electron chi connectivity index (χ1n) is 7.89. The molecule has 0 aromatic carbocycles. The van der Waals surface area contributed by atoms with Crippen LogP contribution in [0.15, 0.2) is 0 Å². The average molecular weight is 255 g/mol. The van der Waals surface area contributed by atoms with Crippen LogP contribution in [-0.4, -0.2) is 42.7 Å². The minimum absolute atomic E-state index is 0.430. The molecule has 0 radical (unpaired) electrons. The molecule has 0 aromatic rings. The maximum Gasteiger partial charge on any atom is 0.00842 e. The molecular formula is C15H33N3. The Morgan fingerprint density at radius 3 is 2.61 bits per heavy atom. The van der Waals surface area contributed by atoms with Gasteiger partial charge in [0, 0.05) is 18.1 Å². The molecule has 1 aliphatic rings. The first-order valence-corrected chi connectivity index (χ1v) is 7.89. The largest absolute Gasteiger partial charge is 0.328 e. The SMILES string of the molecule is CCN(CC)CCCC(C)NC1CCCC(N)C1. The Balaban J connectivity index is 2.11. The van der Waals surface area contributed by atoms with Crippen molar-refractivity contribution in [3.8, 4) is 0 Å². The summed E-state index contributed by atoms with van der Waals surface area (Å²) in [5.74, 6) is 0. The van der Waals surface area contributed by atoms with E-state index >= 15 is 0 Å². The van der Waals surface area contributed by atoms with Crippen LogP contribution >= 0.6 is 0 Å². The fraction of sp³-hybridized carbons (Fsp3) is 1.00. The van der Waals surface area contributed by atoms with Crippen LogP contribution in [0.3, 0.4) is 0 Å². The van der Waals surface area contributed by atoms with E-state index in [2.05, 4.69) is 31.0 Å². The standard InChI is InChI=1S/C15H33N3/c1-4-18(5-2)11-7-8-13(3)17-15-10-6-9-14(16)12-15/h13-15,17H,4-12,16H2,1-3H3. The van der Waals surface area contributed by atoms with Gasteiger partial charge in [0.1, 0.15) is 0 Å². The molecule has 0 saturated heterocycles. The van der Waals surface area contributed by atoms with Crippen LogP contribution in [0.25, 0.3) is 0 Å². The predicted octanol–water partition coefficient (Wildman–Crippen LogP) is 2.36. The molecule has 3 nitrogen and oxygen atoms in total. The lowest BCUT2D eigenvalue weighted by atomic mass is 9.91. The minimum Gasteiger partial charge on any atom is -0.328 e. The Morgan fingerprint density at radius 1 is 1.28 bits per heavy atom. The quantitative estimate of drug-likeness (QED) is 0.699. The highest BCUT2D eigenvalue weighted by Crippen LogP contribution is 2.17. The molecule has 1 fully saturated rings. The summed E-state index contributed by atoms with van der Waals surface area (Å²) in [5, 5.41) is 3.76. The topological polar surface area (TPSA) is 41.3 Å². The molecule has 3 N–H and O–H groups in total. The molecular weight excluding hydrogens is 222 g/mol. The van der Waals surface area contributed by atoms with Crippen molar-refractivity contribution in [2.24, 2.45) is 5.73 Å². The highest BCUT2D eigenvalue weighted by atomic mass is 15.1. The van der Waals surface area contributed by atoms with E-state index in [9.17, 15) is 0 Å². The van der Waals surface area contributed by atoms with E-state index in [0.717, 1.165) is 0 Å². The molecule has 18 heavy (non-hydrogen) atoms. The molecule has 3 heteroatoms. The zero-order chi connectivity index (χ0) is 13.4. The van der Waals surface area contributed by atoms with Gasteiger partial charge >= 0.3 is 0 Å². The molecule has 3 unspecified atom stereocenters. The predicted molar refractivity (Wildman–Crippen MR) is 79.9 cm³/mol. The molecule has 0 aliphatic heterocycles. The summed E-state index contributed by atoms with van der Waals surface area (Å²) in [4.78, 5) is 2.50. The van der Waals surface area contributed by atoms with Gasteiger partial charge in [0.05, 0.1) is 0 Å². The molecule has 1 rings (SSSR count). The Bertz CT molecular complexity index is 204. The first kappa shape index (κ1) is 15.9. The van der Waals surface area contributed by atoms with E-state index in [1.54, 1.807) is 0 Å².